The van der Waals surface area contributed by atoms with Crippen molar-refractivity contribution in [2.75, 3.05) is 0 Å². The molecule has 2 rings (SSSR count). The minimum Gasteiger partial charge on any atom is -0.440 e. The summed E-state index contributed by atoms with van der Waals surface area (Å²) < 4.78 is 18.5. The fourth-order valence-electron chi connectivity index (χ4n) is 1.45. The second-order valence-corrected chi connectivity index (χ2v) is 5.18. The highest BCUT2D eigenvalue weighted by Gasteiger charge is 2.09. The first-order chi connectivity index (χ1) is 8.65. The molecule has 0 unspecified atom stereocenters. The molecule has 3 nitrogen and oxygen atoms in total. The zero-order chi connectivity index (χ0) is 13.0. The Morgan fingerprint density at radius 1 is 1.44 bits per heavy atom. The van der Waals surface area contributed by atoms with Gasteiger partial charge in [-0.3, -0.25) is 0 Å². The number of nitrogens with zero attached hydrogens (tertiary/aromatic N) is 1. The minimum atomic E-state index is -0.229. The summed E-state index contributed by atoms with van der Waals surface area (Å²) in [5.74, 6) is -0.229. The molecule has 1 heterocycles. The third kappa shape index (κ3) is 3.58. The average Bonchev–Trinajstić information content (AvgIpc) is 2.82. The van der Waals surface area contributed by atoms with Crippen LogP contribution in [0, 0.1) is 5.82 Å². The quantitative estimate of drug-likeness (QED) is 0.899. The smallest absolute Gasteiger partial charge is 0.260 e. The standard InChI is InChI=1S/C13H15FN2OS/c1-9(2)16-8-10-7-11(14)3-4-12(10)18-13-15-5-6-17-13/h3-7,9,16H,8H2,1-2H3. The first-order valence-corrected chi connectivity index (χ1v) is 6.56. The lowest BCUT2D eigenvalue weighted by Crippen LogP contribution is -2.22. The maximum absolute atomic E-state index is 13.3. The second-order valence-electron chi connectivity index (χ2n) is 4.19. The molecule has 0 fully saturated rings. The number of hydrogen-bond acceptors (Lipinski definition) is 4. The lowest BCUT2D eigenvalue weighted by molar-refractivity contribution is 0.454. The molecule has 0 aliphatic heterocycles. The van der Waals surface area contributed by atoms with Crippen molar-refractivity contribution < 1.29 is 8.81 Å². The molecule has 0 saturated carbocycles. The Hall–Kier alpha value is -1.33. The van der Waals surface area contributed by atoms with Gasteiger partial charge in [0.05, 0.1) is 6.20 Å². The highest BCUT2D eigenvalue weighted by molar-refractivity contribution is 7.99. The van der Waals surface area contributed by atoms with Crippen LogP contribution in [0.3, 0.4) is 0 Å². The lowest BCUT2D eigenvalue weighted by atomic mass is 10.2. The van der Waals surface area contributed by atoms with Crippen LogP contribution in [-0.2, 0) is 6.54 Å². The molecule has 1 aromatic carbocycles. The van der Waals surface area contributed by atoms with Crippen molar-refractivity contribution in [1.82, 2.24) is 10.3 Å². The Balaban J connectivity index is 2.17. The van der Waals surface area contributed by atoms with Crippen LogP contribution in [-0.4, -0.2) is 11.0 Å². The van der Waals surface area contributed by atoms with Crippen molar-refractivity contribution in [2.24, 2.45) is 0 Å². The first-order valence-electron chi connectivity index (χ1n) is 5.74. The topological polar surface area (TPSA) is 38.1 Å². The summed E-state index contributed by atoms with van der Waals surface area (Å²) >= 11 is 1.40. The van der Waals surface area contributed by atoms with Gasteiger partial charge in [-0.15, -0.1) is 0 Å². The van der Waals surface area contributed by atoms with Crippen molar-refractivity contribution >= 4 is 11.8 Å². The summed E-state index contributed by atoms with van der Waals surface area (Å²) in [6, 6.07) is 5.10. The van der Waals surface area contributed by atoms with Gasteiger partial charge in [-0.1, -0.05) is 13.8 Å². The molecule has 0 amide bonds. The minimum absolute atomic E-state index is 0.229. The van der Waals surface area contributed by atoms with Gasteiger partial charge in [-0.05, 0) is 35.5 Å². The summed E-state index contributed by atoms with van der Waals surface area (Å²) in [6.45, 7) is 4.73. The van der Waals surface area contributed by atoms with Crippen molar-refractivity contribution in [3.63, 3.8) is 0 Å². The Morgan fingerprint density at radius 3 is 2.94 bits per heavy atom. The van der Waals surface area contributed by atoms with E-state index in [1.54, 1.807) is 18.3 Å². The van der Waals surface area contributed by atoms with E-state index in [0.29, 0.717) is 17.8 Å². The summed E-state index contributed by atoms with van der Waals surface area (Å²) in [4.78, 5) is 5.00. The average molecular weight is 266 g/mol. The summed E-state index contributed by atoms with van der Waals surface area (Å²) in [7, 11) is 0. The van der Waals surface area contributed by atoms with E-state index in [-0.39, 0.29) is 5.82 Å². The van der Waals surface area contributed by atoms with Gasteiger partial charge in [0.25, 0.3) is 5.22 Å². The molecule has 1 aromatic heterocycles. The van der Waals surface area contributed by atoms with Crippen LogP contribution < -0.4 is 5.32 Å². The van der Waals surface area contributed by atoms with Gasteiger partial charge in [0.15, 0.2) is 0 Å². The molecule has 18 heavy (non-hydrogen) atoms. The third-order valence-corrected chi connectivity index (χ3v) is 3.32. The Bertz CT molecular complexity index is 500. The molecule has 0 atom stereocenters. The molecule has 1 N–H and O–H groups in total. The number of halogens is 1. The van der Waals surface area contributed by atoms with E-state index >= 15 is 0 Å². The molecule has 0 saturated heterocycles. The SMILES string of the molecule is CC(C)NCc1cc(F)ccc1Sc1ncco1. The number of oxazole rings is 1. The van der Waals surface area contributed by atoms with E-state index in [0.717, 1.165) is 10.5 Å². The lowest BCUT2D eigenvalue weighted by Gasteiger charge is -2.11. The fraction of sp³-hybridized carbons (Fsp3) is 0.308. The molecule has 0 bridgehead atoms. The predicted octanol–water partition coefficient (Wildman–Crippen LogP) is 3.46. The van der Waals surface area contributed by atoms with Crippen LogP contribution in [0.25, 0.3) is 0 Å². The predicted molar refractivity (Wildman–Crippen MR) is 69.0 cm³/mol. The van der Waals surface area contributed by atoms with E-state index in [2.05, 4.69) is 24.1 Å². The zero-order valence-corrected chi connectivity index (χ0v) is 11.1. The fourth-order valence-corrected chi connectivity index (χ4v) is 2.26. The normalized spacial score (nSPS) is 11.1. The molecule has 0 aliphatic rings. The Morgan fingerprint density at radius 2 is 2.28 bits per heavy atom. The molecule has 0 radical (unpaired) electrons. The van der Waals surface area contributed by atoms with Gasteiger partial charge < -0.3 is 9.73 Å². The van der Waals surface area contributed by atoms with Crippen LogP contribution in [0.2, 0.25) is 0 Å². The monoisotopic (exact) mass is 266 g/mol. The maximum Gasteiger partial charge on any atom is 0.260 e. The van der Waals surface area contributed by atoms with E-state index in [9.17, 15) is 4.39 Å². The van der Waals surface area contributed by atoms with Gasteiger partial charge in [-0.2, -0.15) is 0 Å². The van der Waals surface area contributed by atoms with Crippen molar-refractivity contribution in [3.05, 3.63) is 42.0 Å². The highest BCUT2D eigenvalue weighted by atomic mass is 32.2. The molecule has 5 heteroatoms. The van der Waals surface area contributed by atoms with Crippen LogP contribution in [0.5, 0.6) is 0 Å². The van der Waals surface area contributed by atoms with E-state index in [4.69, 9.17) is 4.42 Å². The van der Waals surface area contributed by atoms with Crippen molar-refractivity contribution in [3.8, 4) is 0 Å². The summed E-state index contributed by atoms with van der Waals surface area (Å²) in [5, 5.41) is 3.84. The van der Waals surface area contributed by atoms with Gasteiger partial charge in [-0.25, -0.2) is 9.37 Å². The van der Waals surface area contributed by atoms with Crippen LogP contribution >= 0.6 is 11.8 Å². The molecule has 2 aromatic rings. The van der Waals surface area contributed by atoms with E-state index in [1.807, 2.05) is 0 Å². The number of hydrogen-bond donors (Lipinski definition) is 1. The van der Waals surface area contributed by atoms with E-state index < -0.39 is 0 Å². The molecule has 0 spiro atoms. The number of rotatable bonds is 5. The molecule has 96 valence electrons. The van der Waals surface area contributed by atoms with Gasteiger partial charge in [0.2, 0.25) is 0 Å². The third-order valence-electron chi connectivity index (χ3n) is 2.33. The van der Waals surface area contributed by atoms with Gasteiger partial charge in [0, 0.05) is 17.5 Å². The van der Waals surface area contributed by atoms with Gasteiger partial charge >= 0.3 is 0 Å². The van der Waals surface area contributed by atoms with Crippen LogP contribution in [0.15, 0.2) is 45.2 Å². The Labute approximate surface area is 110 Å². The second kappa shape index (κ2) is 6.02. The largest absolute Gasteiger partial charge is 0.440 e. The summed E-state index contributed by atoms with van der Waals surface area (Å²) in [6.07, 6.45) is 3.12. The molecule has 0 aliphatic carbocycles. The number of benzene rings is 1. The molecular formula is C13H15FN2OS. The van der Waals surface area contributed by atoms with Crippen LogP contribution in [0.1, 0.15) is 19.4 Å². The zero-order valence-electron chi connectivity index (χ0n) is 10.3. The first kappa shape index (κ1) is 13.1. The van der Waals surface area contributed by atoms with Gasteiger partial charge in [0.1, 0.15) is 12.1 Å². The van der Waals surface area contributed by atoms with Crippen LogP contribution in [0.4, 0.5) is 4.39 Å². The van der Waals surface area contributed by atoms with Crippen molar-refractivity contribution in [1.29, 1.82) is 0 Å². The number of aromatic nitrogens is 1. The molecular weight excluding hydrogens is 251 g/mol. The number of nitrogens with one attached hydrogen (secondary N) is 1. The van der Waals surface area contributed by atoms with Crippen molar-refractivity contribution in [2.45, 2.75) is 36.6 Å². The maximum atomic E-state index is 13.3. The summed E-state index contributed by atoms with van der Waals surface area (Å²) in [5.41, 5.74) is 0.909. The highest BCUT2D eigenvalue weighted by Crippen LogP contribution is 2.29. The Kier molecular flexibility index (Phi) is 4.38. The van der Waals surface area contributed by atoms with E-state index in [1.165, 1.54) is 24.1 Å².